The molecule has 0 aliphatic rings. The van der Waals surface area contributed by atoms with Gasteiger partial charge in [-0.3, -0.25) is 0 Å². The van der Waals surface area contributed by atoms with Gasteiger partial charge in [0.1, 0.15) is 5.54 Å². The standard InChI is InChI=1S/C12H16N2.C12H15N.C10H14.3C2H6.B/c1-9-13-10-7-5-6-8-11(10)14(9)12(2,3)4;1-12(2,3)10-8-13-11-7-5-4-6-9(10)11;1-10(2,3)9-7-5-4-6-8-9;3*1-2;/h5-8H,1-4H3;4-8,13H,1-3H3;4-8H,1-3H3;3*1-2H3;/p+1. The van der Waals surface area contributed by atoms with Gasteiger partial charge in [-0.2, -0.15) is 0 Å². The molecule has 44 heavy (non-hydrogen) atoms. The second kappa shape index (κ2) is 19.9. The number of H-pyrrole nitrogens is 2. The predicted octanol–water partition coefficient (Wildman–Crippen LogP) is 11.7. The van der Waals surface area contributed by atoms with Gasteiger partial charge in [0.25, 0.3) is 5.82 Å². The number of benzene rings is 3. The van der Waals surface area contributed by atoms with Crippen LogP contribution in [0.15, 0.2) is 85.1 Å². The Morgan fingerprint density at radius 1 is 0.545 bits per heavy atom. The summed E-state index contributed by atoms with van der Waals surface area (Å²) in [6, 6.07) is 27.4. The van der Waals surface area contributed by atoms with Gasteiger partial charge in [-0.25, -0.2) is 9.55 Å². The lowest BCUT2D eigenvalue weighted by atomic mass is 9.87. The minimum atomic E-state index is 0. The van der Waals surface area contributed by atoms with Crippen LogP contribution in [0.3, 0.4) is 0 Å². The fraction of sp³-hybridized carbons (Fsp3) is 0.475. The Morgan fingerprint density at radius 3 is 1.45 bits per heavy atom. The van der Waals surface area contributed by atoms with Crippen LogP contribution in [-0.2, 0) is 16.4 Å². The molecule has 5 rings (SSSR count). The van der Waals surface area contributed by atoms with E-state index in [2.05, 4.69) is 169 Å². The second-order valence-corrected chi connectivity index (χ2v) is 12.8. The summed E-state index contributed by atoms with van der Waals surface area (Å²) in [5.41, 5.74) is 7.15. The van der Waals surface area contributed by atoms with E-state index < -0.39 is 0 Å². The van der Waals surface area contributed by atoms with Gasteiger partial charge < -0.3 is 4.98 Å². The minimum Gasteiger partial charge on any atom is -0.361 e. The number of aryl methyl sites for hydroxylation is 1. The Labute approximate surface area is 273 Å². The summed E-state index contributed by atoms with van der Waals surface area (Å²) in [5.74, 6) is 1.21. The number of fused-ring (bicyclic) bond motifs is 2. The lowest BCUT2D eigenvalue weighted by molar-refractivity contribution is -0.735. The topological polar surface area (TPSA) is 35.5 Å². The summed E-state index contributed by atoms with van der Waals surface area (Å²) in [6.45, 7) is 34.2. The van der Waals surface area contributed by atoms with E-state index in [1.807, 2.05) is 41.5 Å². The highest BCUT2D eigenvalue weighted by Crippen LogP contribution is 2.29. The molecule has 3 nitrogen and oxygen atoms in total. The van der Waals surface area contributed by atoms with Crippen LogP contribution in [0.5, 0.6) is 0 Å². The summed E-state index contributed by atoms with van der Waals surface area (Å²) in [7, 11) is 0. The number of hydrogen-bond donors (Lipinski definition) is 2. The van der Waals surface area contributed by atoms with Crippen LogP contribution in [0.25, 0.3) is 21.9 Å². The van der Waals surface area contributed by atoms with Crippen molar-refractivity contribution in [1.82, 2.24) is 9.97 Å². The zero-order valence-corrected chi connectivity index (χ0v) is 31.1. The van der Waals surface area contributed by atoms with Gasteiger partial charge in [-0.1, -0.05) is 144 Å². The molecule has 0 aliphatic heterocycles. The minimum absolute atomic E-state index is 0. The number of nitrogens with one attached hydrogen (secondary N) is 2. The highest BCUT2D eigenvalue weighted by Gasteiger charge is 2.25. The number of aromatic nitrogens is 3. The van der Waals surface area contributed by atoms with E-state index in [1.54, 1.807) is 0 Å². The third kappa shape index (κ3) is 12.8. The van der Waals surface area contributed by atoms with Crippen LogP contribution in [0, 0.1) is 6.92 Å². The molecule has 241 valence electrons. The van der Waals surface area contributed by atoms with Crippen LogP contribution in [0.1, 0.15) is 121 Å². The highest BCUT2D eigenvalue weighted by atomic mass is 15.1. The van der Waals surface area contributed by atoms with Crippen molar-refractivity contribution in [3.8, 4) is 0 Å². The lowest BCUT2D eigenvalue weighted by Crippen LogP contribution is -2.51. The van der Waals surface area contributed by atoms with Gasteiger partial charge in [-0.05, 0) is 60.9 Å². The molecule has 0 aliphatic carbocycles. The number of rotatable bonds is 0. The fourth-order valence-corrected chi connectivity index (χ4v) is 4.70. The van der Waals surface area contributed by atoms with Crippen LogP contribution in [0.2, 0.25) is 0 Å². The van der Waals surface area contributed by atoms with E-state index in [0.717, 1.165) is 0 Å². The summed E-state index contributed by atoms with van der Waals surface area (Å²) in [4.78, 5) is 6.69. The van der Waals surface area contributed by atoms with Gasteiger partial charge in [0.05, 0.1) is 0 Å². The van der Waals surface area contributed by atoms with Gasteiger partial charge in [-0.15, -0.1) is 0 Å². The highest BCUT2D eigenvalue weighted by molar-refractivity contribution is 5.84. The van der Waals surface area contributed by atoms with Crippen molar-refractivity contribution >= 4 is 30.3 Å². The van der Waals surface area contributed by atoms with E-state index in [-0.39, 0.29) is 19.4 Å². The first-order chi connectivity index (χ1) is 20.2. The average molecular weight is 598 g/mol. The number of para-hydroxylation sites is 3. The molecule has 4 heteroatoms. The van der Waals surface area contributed by atoms with Crippen LogP contribution < -0.4 is 4.57 Å². The molecular weight excluding hydrogens is 533 g/mol. The maximum Gasteiger partial charge on any atom is 0.252 e. The number of imidazole rings is 1. The Kier molecular flexibility index (Phi) is 19.4. The third-order valence-corrected chi connectivity index (χ3v) is 6.50. The van der Waals surface area contributed by atoms with Crippen molar-refractivity contribution in [3.63, 3.8) is 0 Å². The molecule has 0 amide bonds. The molecule has 3 aromatic carbocycles. The largest absolute Gasteiger partial charge is 0.361 e. The van der Waals surface area contributed by atoms with Gasteiger partial charge >= 0.3 is 0 Å². The van der Waals surface area contributed by atoms with Gasteiger partial charge in [0.2, 0.25) is 0 Å². The van der Waals surface area contributed by atoms with Crippen LogP contribution in [0.4, 0.5) is 0 Å². The number of aromatic amines is 2. The molecule has 5 aromatic rings. The Bertz CT molecular complexity index is 1420. The number of nitrogens with zero attached hydrogens (tertiary/aromatic N) is 1. The maximum absolute atomic E-state index is 3.40. The molecule has 0 saturated carbocycles. The molecule has 2 N–H and O–H groups in total. The fourth-order valence-electron chi connectivity index (χ4n) is 4.70. The summed E-state index contributed by atoms with van der Waals surface area (Å²) in [6.07, 6.45) is 2.12. The van der Waals surface area contributed by atoms with Crippen molar-refractivity contribution in [3.05, 3.63) is 102 Å². The molecule has 0 spiro atoms. The zero-order valence-electron chi connectivity index (χ0n) is 31.1. The number of hydrogen-bond acceptors (Lipinski definition) is 0. The van der Waals surface area contributed by atoms with Crippen molar-refractivity contribution < 1.29 is 4.57 Å². The van der Waals surface area contributed by atoms with Crippen LogP contribution in [-0.4, -0.2) is 18.4 Å². The van der Waals surface area contributed by atoms with Crippen molar-refractivity contribution in [2.75, 3.05) is 0 Å². The predicted molar refractivity (Wildman–Crippen MR) is 200 cm³/mol. The summed E-state index contributed by atoms with van der Waals surface area (Å²) < 4.78 is 2.34. The first kappa shape index (κ1) is 42.9. The average Bonchev–Trinajstić information content (AvgIpc) is 3.58. The molecular formula is C40H64BN3+. The molecule has 0 saturated heterocycles. The van der Waals surface area contributed by atoms with Crippen molar-refractivity contribution in [2.24, 2.45) is 0 Å². The quantitative estimate of drug-likeness (QED) is 0.132. The van der Waals surface area contributed by atoms with E-state index >= 15 is 0 Å². The lowest BCUT2D eigenvalue weighted by Gasteiger charge is -2.18. The zero-order chi connectivity index (χ0) is 33.4. The van der Waals surface area contributed by atoms with Gasteiger partial charge in [0.15, 0.2) is 11.0 Å². The SMILES string of the molecule is CC.CC.CC.CC(C)(C)c1c[nH]c2ccccc12.CC(C)(C)c1ccccc1.Cc1[nH]c2ccccc2[n+]1C(C)(C)C.[B]. The second-order valence-electron chi connectivity index (χ2n) is 12.8. The Balaban J connectivity index is 0. The van der Waals surface area contributed by atoms with E-state index in [1.165, 1.54) is 38.9 Å². The molecule has 3 radical (unpaired) electrons. The molecule has 2 heterocycles. The normalized spacial score (nSPS) is 10.5. The summed E-state index contributed by atoms with van der Waals surface area (Å²) >= 11 is 0. The maximum atomic E-state index is 3.40. The first-order valence-electron chi connectivity index (χ1n) is 16.3. The molecule has 0 unspecified atom stereocenters. The monoisotopic (exact) mass is 598 g/mol. The molecule has 2 aromatic heterocycles. The van der Waals surface area contributed by atoms with Crippen molar-refractivity contribution in [2.45, 2.75) is 127 Å². The van der Waals surface area contributed by atoms with E-state index in [9.17, 15) is 0 Å². The Morgan fingerprint density at radius 2 is 1.00 bits per heavy atom. The first-order valence-corrected chi connectivity index (χ1v) is 16.3. The molecule has 0 atom stereocenters. The van der Waals surface area contributed by atoms with Crippen molar-refractivity contribution in [1.29, 1.82) is 0 Å². The van der Waals surface area contributed by atoms with E-state index in [0.29, 0.717) is 5.41 Å². The van der Waals surface area contributed by atoms with Crippen LogP contribution >= 0.6 is 0 Å². The molecule has 0 bridgehead atoms. The molecule has 0 fully saturated rings. The van der Waals surface area contributed by atoms with Gasteiger partial charge in [0, 0.05) is 32.4 Å². The van der Waals surface area contributed by atoms with E-state index in [4.69, 9.17) is 0 Å². The smallest absolute Gasteiger partial charge is 0.252 e. The third-order valence-electron chi connectivity index (χ3n) is 6.50. The summed E-state index contributed by atoms with van der Waals surface area (Å²) in [5, 5.41) is 1.34. The Hall–Kier alpha value is -3.27.